The predicted octanol–water partition coefficient (Wildman–Crippen LogP) is 1.50. The molecule has 25 heavy (non-hydrogen) atoms. The van der Waals surface area contributed by atoms with E-state index in [1.807, 2.05) is 0 Å². The lowest BCUT2D eigenvalue weighted by atomic mass is 10.2. The third kappa shape index (κ3) is 4.71. The number of hydrogen-bond donors (Lipinski definition) is 3. The van der Waals surface area contributed by atoms with E-state index in [0.29, 0.717) is 22.7 Å². The van der Waals surface area contributed by atoms with E-state index >= 15 is 0 Å². The van der Waals surface area contributed by atoms with Gasteiger partial charge in [-0.1, -0.05) is 12.1 Å². The van der Waals surface area contributed by atoms with Gasteiger partial charge >= 0.3 is 11.8 Å². The number of ether oxygens (including phenoxy) is 2. The van der Waals surface area contributed by atoms with E-state index in [9.17, 15) is 14.7 Å². The number of anilines is 1. The average molecular weight is 343 g/mol. The normalized spacial score (nSPS) is 10.3. The van der Waals surface area contributed by atoms with Crippen molar-refractivity contribution in [2.75, 3.05) is 19.5 Å². The average Bonchev–Trinajstić information content (AvgIpc) is 2.63. The van der Waals surface area contributed by atoms with E-state index in [-0.39, 0.29) is 5.75 Å². The van der Waals surface area contributed by atoms with Crippen LogP contribution < -0.4 is 20.2 Å². The molecule has 0 heterocycles. The van der Waals surface area contributed by atoms with E-state index in [1.54, 1.807) is 36.4 Å². The molecule has 0 aliphatic carbocycles. The van der Waals surface area contributed by atoms with Crippen molar-refractivity contribution in [3.05, 3.63) is 48.0 Å². The first-order chi connectivity index (χ1) is 12.0. The van der Waals surface area contributed by atoms with Gasteiger partial charge in [-0.25, -0.2) is 5.43 Å². The van der Waals surface area contributed by atoms with Crippen LogP contribution in [-0.2, 0) is 9.59 Å². The number of methoxy groups -OCH3 is 2. The zero-order chi connectivity index (χ0) is 18.2. The topological polar surface area (TPSA) is 109 Å². The number of nitrogens with zero attached hydrogens (tertiary/aromatic N) is 1. The first-order valence-electron chi connectivity index (χ1n) is 7.19. The molecule has 0 unspecified atom stereocenters. The fraction of sp³-hybridized carbons (Fsp3) is 0.118. The Bertz CT molecular complexity index is 805. The summed E-state index contributed by atoms with van der Waals surface area (Å²) in [5.41, 5.74) is 2.80. The Morgan fingerprint density at radius 3 is 2.52 bits per heavy atom. The number of amides is 2. The number of carbonyl (C=O) groups excluding carboxylic acids is 2. The third-order valence-electron chi connectivity index (χ3n) is 3.17. The first-order valence-corrected chi connectivity index (χ1v) is 7.19. The summed E-state index contributed by atoms with van der Waals surface area (Å²) in [6.07, 6.45) is 1.23. The lowest BCUT2D eigenvalue weighted by Gasteiger charge is -2.10. The molecule has 8 heteroatoms. The molecule has 0 saturated heterocycles. The zero-order valence-electron chi connectivity index (χ0n) is 13.6. The van der Waals surface area contributed by atoms with E-state index in [1.165, 1.54) is 26.5 Å². The second-order valence-corrected chi connectivity index (χ2v) is 4.78. The van der Waals surface area contributed by atoms with Crippen molar-refractivity contribution >= 4 is 23.7 Å². The van der Waals surface area contributed by atoms with E-state index in [4.69, 9.17) is 9.47 Å². The van der Waals surface area contributed by atoms with Crippen LogP contribution in [0.1, 0.15) is 5.56 Å². The van der Waals surface area contributed by atoms with Crippen LogP contribution in [-0.4, -0.2) is 37.4 Å². The lowest BCUT2D eigenvalue weighted by Crippen LogP contribution is -2.32. The molecule has 8 nitrogen and oxygen atoms in total. The fourth-order valence-corrected chi connectivity index (χ4v) is 1.89. The summed E-state index contributed by atoms with van der Waals surface area (Å²) in [6, 6.07) is 11.2. The molecule has 2 aromatic carbocycles. The largest absolute Gasteiger partial charge is 0.507 e. The Labute approximate surface area is 144 Å². The highest BCUT2D eigenvalue weighted by atomic mass is 16.5. The number of rotatable bonds is 5. The molecule has 0 radical (unpaired) electrons. The molecular weight excluding hydrogens is 326 g/mol. The van der Waals surface area contributed by atoms with Gasteiger partial charge in [0, 0.05) is 11.6 Å². The van der Waals surface area contributed by atoms with Gasteiger partial charge in [0.2, 0.25) is 0 Å². The number of hydrogen-bond acceptors (Lipinski definition) is 6. The zero-order valence-corrected chi connectivity index (χ0v) is 13.6. The van der Waals surface area contributed by atoms with Gasteiger partial charge < -0.3 is 19.9 Å². The van der Waals surface area contributed by atoms with Crippen LogP contribution in [0.5, 0.6) is 17.2 Å². The minimum atomic E-state index is -0.968. The molecule has 3 N–H and O–H groups in total. The van der Waals surface area contributed by atoms with Crippen molar-refractivity contribution in [2.45, 2.75) is 0 Å². The number of hydrazone groups is 1. The van der Waals surface area contributed by atoms with Crippen molar-refractivity contribution in [2.24, 2.45) is 5.10 Å². The van der Waals surface area contributed by atoms with Gasteiger partial charge in [-0.05, 0) is 24.3 Å². The highest BCUT2D eigenvalue weighted by molar-refractivity contribution is 6.39. The Morgan fingerprint density at radius 2 is 1.84 bits per heavy atom. The summed E-state index contributed by atoms with van der Waals surface area (Å²) in [4.78, 5) is 23.7. The number of phenols is 1. The molecule has 130 valence electrons. The maximum atomic E-state index is 11.9. The number of benzene rings is 2. The van der Waals surface area contributed by atoms with Gasteiger partial charge in [0.25, 0.3) is 0 Å². The van der Waals surface area contributed by atoms with Crippen molar-refractivity contribution in [1.29, 1.82) is 0 Å². The molecule has 0 aliphatic rings. The van der Waals surface area contributed by atoms with Crippen LogP contribution in [0.25, 0.3) is 0 Å². The Morgan fingerprint density at radius 1 is 1.08 bits per heavy atom. The molecule has 0 fully saturated rings. The molecule has 0 bridgehead atoms. The van der Waals surface area contributed by atoms with Crippen LogP contribution in [0.15, 0.2) is 47.6 Å². The summed E-state index contributed by atoms with van der Waals surface area (Å²) < 4.78 is 10.2. The predicted molar refractivity (Wildman–Crippen MR) is 92.0 cm³/mol. The molecule has 0 atom stereocenters. The number of aromatic hydroxyl groups is 1. The summed E-state index contributed by atoms with van der Waals surface area (Å²) >= 11 is 0. The molecule has 2 aromatic rings. The highest BCUT2D eigenvalue weighted by Crippen LogP contribution is 2.28. The maximum Gasteiger partial charge on any atom is 0.329 e. The van der Waals surface area contributed by atoms with Crippen LogP contribution in [0, 0.1) is 0 Å². The Kier molecular flexibility index (Phi) is 5.94. The SMILES string of the molecule is COc1ccc(NC(=O)C(=O)N/N=C/c2ccccc2O)c(OC)c1. The second-order valence-electron chi connectivity index (χ2n) is 4.78. The van der Waals surface area contributed by atoms with Crippen molar-refractivity contribution < 1.29 is 24.2 Å². The number of carbonyl (C=O) groups is 2. The molecule has 2 amide bonds. The highest BCUT2D eigenvalue weighted by Gasteiger charge is 2.15. The monoisotopic (exact) mass is 343 g/mol. The van der Waals surface area contributed by atoms with Gasteiger partial charge in [0.1, 0.15) is 17.2 Å². The van der Waals surface area contributed by atoms with Gasteiger partial charge in [-0.2, -0.15) is 5.10 Å². The quantitative estimate of drug-likeness (QED) is 0.433. The third-order valence-corrected chi connectivity index (χ3v) is 3.17. The van der Waals surface area contributed by atoms with Crippen molar-refractivity contribution in [3.63, 3.8) is 0 Å². The molecule has 2 rings (SSSR count). The summed E-state index contributed by atoms with van der Waals surface area (Å²) in [5, 5.41) is 15.6. The minimum absolute atomic E-state index is 0.00733. The molecule has 0 aromatic heterocycles. The van der Waals surface area contributed by atoms with Gasteiger partial charge in [0.05, 0.1) is 26.1 Å². The Balaban J connectivity index is 1.99. The van der Waals surface area contributed by atoms with Crippen LogP contribution in [0.2, 0.25) is 0 Å². The molecule has 0 saturated carbocycles. The van der Waals surface area contributed by atoms with Crippen molar-refractivity contribution in [1.82, 2.24) is 5.43 Å². The van der Waals surface area contributed by atoms with E-state index < -0.39 is 11.8 Å². The van der Waals surface area contributed by atoms with Crippen LogP contribution >= 0.6 is 0 Å². The standard InChI is InChI=1S/C17H17N3O5/c1-24-12-7-8-13(15(9-12)25-2)19-16(22)17(23)20-18-10-11-5-3-4-6-14(11)21/h3-10,21H,1-2H3,(H,19,22)(H,20,23)/b18-10+. The lowest BCUT2D eigenvalue weighted by molar-refractivity contribution is -0.136. The molecular formula is C17H17N3O5. The number of phenolic OH excluding ortho intramolecular Hbond substituents is 1. The molecule has 0 spiro atoms. The Hall–Kier alpha value is -3.55. The first kappa shape index (κ1) is 17.8. The summed E-state index contributed by atoms with van der Waals surface area (Å²) in [6.45, 7) is 0. The van der Waals surface area contributed by atoms with E-state index in [0.717, 1.165) is 0 Å². The minimum Gasteiger partial charge on any atom is -0.507 e. The summed E-state index contributed by atoms with van der Waals surface area (Å²) in [7, 11) is 2.93. The molecule has 0 aliphatic heterocycles. The van der Waals surface area contributed by atoms with Gasteiger partial charge in [-0.3, -0.25) is 9.59 Å². The smallest absolute Gasteiger partial charge is 0.329 e. The fourth-order valence-electron chi connectivity index (χ4n) is 1.89. The van der Waals surface area contributed by atoms with Gasteiger partial charge in [-0.15, -0.1) is 0 Å². The summed E-state index contributed by atoms with van der Waals surface area (Å²) in [5.74, 6) is -0.986. The maximum absolute atomic E-state index is 11.9. The number of nitrogens with one attached hydrogen (secondary N) is 2. The van der Waals surface area contributed by atoms with Crippen LogP contribution in [0.3, 0.4) is 0 Å². The van der Waals surface area contributed by atoms with Crippen LogP contribution in [0.4, 0.5) is 5.69 Å². The number of para-hydroxylation sites is 1. The van der Waals surface area contributed by atoms with Crippen molar-refractivity contribution in [3.8, 4) is 17.2 Å². The second kappa shape index (κ2) is 8.34. The van der Waals surface area contributed by atoms with Gasteiger partial charge in [0.15, 0.2) is 0 Å². The van der Waals surface area contributed by atoms with E-state index in [2.05, 4.69) is 15.8 Å².